The van der Waals surface area contributed by atoms with Crippen LogP contribution in [0.4, 0.5) is 4.39 Å². The number of ether oxygens (including phenoxy) is 1. The highest BCUT2D eigenvalue weighted by molar-refractivity contribution is 9.10. The monoisotopic (exact) mass is 351 g/mol. The van der Waals surface area contributed by atoms with Crippen LogP contribution in [0.3, 0.4) is 0 Å². The first-order chi connectivity index (χ1) is 10.1. The molecule has 0 heterocycles. The second-order valence-corrected chi connectivity index (χ2v) is 5.73. The number of nitrogens with one attached hydrogen (secondary N) is 1. The summed E-state index contributed by atoms with van der Waals surface area (Å²) >= 11 is 3.52. The molecule has 0 amide bonds. The van der Waals surface area contributed by atoms with Gasteiger partial charge in [0.05, 0.1) is 13.2 Å². The maximum atomic E-state index is 13.6. The summed E-state index contributed by atoms with van der Waals surface area (Å²) in [4.78, 5) is 0. The van der Waals surface area contributed by atoms with Crippen LogP contribution in [0.25, 0.3) is 0 Å². The van der Waals surface area contributed by atoms with E-state index in [1.54, 1.807) is 19.2 Å². The molecule has 0 aliphatic rings. The van der Waals surface area contributed by atoms with Crippen molar-refractivity contribution < 1.29 is 9.13 Å². The molecular weight excluding hydrogens is 333 g/mol. The third-order valence-corrected chi connectivity index (χ3v) is 4.19. The summed E-state index contributed by atoms with van der Waals surface area (Å²) in [5.74, 6) is 0.590. The lowest BCUT2D eigenvalue weighted by Gasteiger charge is -2.22. The van der Waals surface area contributed by atoms with Crippen molar-refractivity contribution in [1.29, 1.82) is 0 Å². The number of hydrogen-bond acceptors (Lipinski definition) is 2. The van der Waals surface area contributed by atoms with Gasteiger partial charge >= 0.3 is 0 Å². The molecule has 4 heteroatoms. The molecule has 0 radical (unpaired) electrons. The number of aryl methyl sites for hydroxylation is 1. The van der Waals surface area contributed by atoms with Crippen molar-refractivity contribution in [2.45, 2.75) is 19.9 Å². The Labute approximate surface area is 133 Å². The van der Waals surface area contributed by atoms with Gasteiger partial charge in [0.1, 0.15) is 11.6 Å². The van der Waals surface area contributed by atoms with Gasteiger partial charge in [-0.3, -0.25) is 0 Å². The van der Waals surface area contributed by atoms with Crippen LogP contribution in [0.5, 0.6) is 5.75 Å². The van der Waals surface area contributed by atoms with Crippen molar-refractivity contribution in [3.05, 3.63) is 63.4 Å². The predicted molar refractivity (Wildman–Crippen MR) is 87.4 cm³/mol. The Morgan fingerprint density at radius 3 is 2.57 bits per heavy atom. The van der Waals surface area contributed by atoms with Crippen LogP contribution in [-0.4, -0.2) is 13.7 Å². The molecule has 21 heavy (non-hydrogen) atoms. The van der Waals surface area contributed by atoms with Crippen molar-refractivity contribution in [2.75, 3.05) is 13.7 Å². The van der Waals surface area contributed by atoms with Gasteiger partial charge in [0.25, 0.3) is 0 Å². The van der Waals surface area contributed by atoms with Crippen molar-refractivity contribution in [1.82, 2.24) is 5.32 Å². The van der Waals surface area contributed by atoms with Gasteiger partial charge in [0, 0.05) is 4.47 Å². The number of rotatable bonds is 5. The van der Waals surface area contributed by atoms with Gasteiger partial charge in [-0.25, -0.2) is 4.39 Å². The van der Waals surface area contributed by atoms with Gasteiger partial charge < -0.3 is 10.1 Å². The van der Waals surface area contributed by atoms with E-state index >= 15 is 0 Å². The van der Waals surface area contributed by atoms with Crippen LogP contribution in [0.2, 0.25) is 0 Å². The average Bonchev–Trinajstić information content (AvgIpc) is 2.48. The minimum absolute atomic E-state index is 0.0639. The summed E-state index contributed by atoms with van der Waals surface area (Å²) in [7, 11) is 1.65. The van der Waals surface area contributed by atoms with Crippen molar-refractivity contribution in [3.8, 4) is 5.75 Å². The highest BCUT2D eigenvalue weighted by atomic mass is 79.9. The Morgan fingerprint density at radius 1 is 1.19 bits per heavy atom. The van der Waals surface area contributed by atoms with Crippen molar-refractivity contribution >= 4 is 15.9 Å². The largest absolute Gasteiger partial charge is 0.497 e. The van der Waals surface area contributed by atoms with Crippen LogP contribution in [0, 0.1) is 12.7 Å². The molecule has 0 fully saturated rings. The molecule has 0 saturated carbocycles. The molecule has 0 aliphatic heterocycles. The van der Waals surface area contributed by atoms with Crippen LogP contribution < -0.4 is 10.1 Å². The number of benzene rings is 2. The quantitative estimate of drug-likeness (QED) is 0.849. The predicted octanol–water partition coefficient (Wildman–Crippen LogP) is 4.60. The van der Waals surface area contributed by atoms with Crippen molar-refractivity contribution in [3.63, 3.8) is 0 Å². The first-order valence-corrected chi connectivity index (χ1v) is 7.69. The zero-order chi connectivity index (χ0) is 15.4. The van der Waals surface area contributed by atoms with Crippen molar-refractivity contribution in [2.24, 2.45) is 0 Å². The normalized spacial score (nSPS) is 12.2. The summed E-state index contributed by atoms with van der Waals surface area (Å²) in [5, 5.41) is 3.42. The molecule has 0 aromatic heterocycles. The molecule has 0 spiro atoms. The Hall–Kier alpha value is -1.39. The molecule has 2 aromatic rings. The second-order valence-electron chi connectivity index (χ2n) is 4.88. The standard InChI is InChI=1S/C17H19BrFNO/c1-4-20-17(15-10-12(19)5-8-16(15)18)14-7-6-13(21-3)9-11(14)2/h5-10,17,20H,4H2,1-3H3. The van der Waals surface area contributed by atoms with E-state index in [1.807, 2.05) is 32.0 Å². The number of hydrogen-bond donors (Lipinski definition) is 1. The van der Waals surface area contributed by atoms with Gasteiger partial charge in [-0.05, 0) is 60.5 Å². The fourth-order valence-corrected chi connectivity index (χ4v) is 2.90. The molecule has 2 nitrogen and oxygen atoms in total. The number of halogens is 2. The Bertz CT molecular complexity index is 630. The summed E-state index contributed by atoms with van der Waals surface area (Å²) < 4.78 is 19.8. The van der Waals surface area contributed by atoms with E-state index in [4.69, 9.17) is 4.74 Å². The lowest BCUT2D eigenvalue weighted by atomic mass is 9.94. The fraction of sp³-hybridized carbons (Fsp3) is 0.294. The summed E-state index contributed by atoms with van der Waals surface area (Å²) in [6, 6.07) is 10.7. The number of methoxy groups -OCH3 is 1. The van der Waals surface area contributed by atoms with E-state index in [0.29, 0.717) is 0 Å². The summed E-state index contributed by atoms with van der Waals surface area (Å²) in [6.45, 7) is 4.87. The van der Waals surface area contributed by atoms with Crippen LogP contribution in [-0.2, 0) is 0 Å². The summed E-state index contributed by atoms with van der Waals surface area (Å²) in [6.07, 6.45) is 0. The van der Waals surface area contributed by atoms with Gasteiger partial charge in [0.15, 0.2) is 0 Å². The first-order valence-electron chi connectivity index (χ1n) is 6.89. The topological polar surface area (TPSA) is 21.3 Å². The van der Waals surface area contributed by atoms with E-state index in [2.05, 4.69) is 21.2 Å². The Morgan fingerprint density at radius 2 is 1.95 bits per heavy atom. The maximum Gasteiger partial charge on any atom is 0.123 e. The van der Waals surface area contributed by atoms with E-state index in [1.165, 1.54) is 6.07 Å². The smallest absolute Gasteiger partial charge is 0.123 e. The molecule has 1 N–H and O–H groups in total. The molecule has 112 valence electrons. The average molecular weight is 352 g/mol. The SMILES string of the molecule is CCNC(c1ccc(OC)cc1C)c1cc(F)ccc1Br. The van der Waals surface area contributed by atoms with Gasteiger partial charge in [-0.15, -0.1) is 0 Å². The van der Waals surface area contributed by atoms with E-state index < -0.39 is 0 Å². The third kappa shape index (κ3) is 3.63. The van der Waals surface area contributed by atoms with Crippen LogP contribution in [0.15, 0.2) is 40.9 Å². The zero-order valence-corrected chi connectivity index (χ0v) is 14.0. The Balaban J connectivity index is 2.50. The maximum absolute atomic E-state index is 13.6. The molecule has 0 bridgehead atoms. The minimum atomic E-state index is -0.234. The lowest BCUT2D eigenvalue weighted by Crippen LogP contribution is -2.23. The molecule has 1 unspecified atom stereocenters. The molecular formula is C17H19BrFNO. The third-order valence-electron chi connectivity index (χ3n) is 3.47. The van der Waals surface area contributed by atoms with Gasteiger partial charge in [-0.2, -0.15) is 0 Å². The van der Waals surface area contributed by atoms with Crippen LogP contribution in [0.1, 0.15) is 29.7 Å². The Kier molecular flexibility index (Phi) is 5.37. The molecule has 2 rings (SSSR count). The van der Waals surface area contributed by atoms with E-state index in [9.17, 15) is 4.39 Å². The van der Waals surface area contributed by atoms with E-state index in [0.717, 1.165) is 33.5 Å². The molecule has 1 atom stereocenters. The summed E-state index contributed by atoms with van der Waals surface area (Å²) in [5.41, 5.74) is 3.12. The zero-order valence-electron chi connectivity index (χ0n) is 12.4. The minimum Gasteiger partial charge on any atom is -0.497 e. The van der Waals surface area contributed by atoms with Gasteiger partial charge in [0.2, 0.25) is 0 Å². The first kappa shape index (κ1) is 16.0. The second kappa shape index (κ2) is 7.05. The van der Waals surface area contributed by atoms with E-state index in [-0.39, 0.29) is 11.9 Å². The molecule has 0 saturated heterocycles. The molecule has 0 aliphatic carbocycles. The molecule has 2 aromatic carbocycles. The lowest BCUT2D eigenvalue weighted by molar-refractivity contribution is 0.414. The fourth-order valence-electron chi connectivity index (χ4n) is 2.43. The highest BCUT2D eigenvalue weighted by Crippen LogP contribution is 2.32. The van der Waals surface area contributed by atoms with Gasteiger partial charge in [-0.1, -0.05) is 28.9 Å². The van der Waals surface area contributed by atoms with Crippen LogP contribution >= 0.6 is 15.9 Å². The highest BCUT2D eigenvalue weighted by Gasteiger charge is 2.18.